The number of allylic oxidation sites excluding steroid dienone is 1. The molecule has 27 heavy (non-hydrogen) atoms. The molecule has 0 aliphatic rings. The van der Waals surface area contributed by atoms with Gasteiger partial charge in [-0.05, 0) is 53.8 Å². The third-order valence-electron chi connectivity index (χ3n) is 4.53. The van der Waals surface area contributed by atoms with Crippen molar-refractivity contribution in [1.29, 1.82) is 5.26 Å². The number of thiophene rings is 1. The number of hydrogen-bond acceptors (Lipinski definition) is 3. The molecule has 0 saturated carbocycles. The molecule has 1 aromatic carbocycles. The highest BCUT2D eigenvalue weighted by atomic mass is 32.1. The monoisotopic (exact) mass is 372 g/mol. The van der Waals surface area contributed by atoms with Crippen molar-refractivity contribution in [2.45, 2.75) is 39.0 Å². The van der Waals surface area contributed by atoms with Crippen molar-refractivity contribution < 1.29 is 0 Å². The summed E-state index contributed by atoms with van der Waals surface area (Å²) in [4.78, 5) is 6.85. The van der Waals surface area contributed by atoms with Gasteiger partial charge in [-0.3, -0.25) is 4.98 Å². The van der Waals surface area contributed by atoms with Gasteiger partial charge >= 0.3 is 0 Å². The molecular formula is C24H24N2S. The van der Waals surface area contributed by atoms with Gasteiger partial charge in [0, 0.05) is 22.1 Å². The quantitative estimate of drug-likeness (QED) is 0.315. The Morgan fingerprint density at radius 1 is 1.07 bits per heavy atom. The van der Waals surface area contributed by atoms with Crippen LogP contribution in [0.15, 0.2) is 60.9 Å². The fourth-order valence-corrected chi connectivity index (χ4v) is 4.07. The van der Waals surface area contributed by atoms with Crippen LogP contribution in [0.25, 0.3) is 22.1 Å². The Bertz CT molecular complexity index is 915. The molecule has 0 unspecified atom stereocenters. The maximum Gasteiger partial charge on any atom is 0.0998 e. The molecule has 0 aliphatic heterocycles. The summed E-state index contributed by atoms with van der Waals surface area (Å²) < 4.78 is 0. The van der Waals surface area contributed by atoms with Gasteiger partial charge in [0.05, 0.1) is 11.6 Å². The fourth-order valence-electron chi connectivity index (χ4n) is 3.02. The summed E-state index contributed by atoms with van der Waals surface area (Å²) in [6, 6.07) is 18.9. The predicted octanol–water partition coefficient (Wildman–Crippen LogP) is 7.00. The number of benzene rings is 1. The van der Waals surface area contributed by atoms with E-state index in [1.165, 1.54) is 47.4 Å². The van der Waals surface area contributed by atoms with Gasteiger partial charge in [0.15, 0.2) is 0 Å². The summed E-state index contributed by atoms with van der Waals surface area (Å²) in [5.74, 6) is 0. The maximum absolute atomic E-state index is 9.51. The van der Waals surface area contributed by atoms with Crippen LogP contribution < -0.4 is 0 Å². The molecule has 0 fully saturated rings. The van der Waals surface area contributed by atoms with E-state index < -0.39 is 0 Å². The zero-order valence-corrected chi connectivity index (χ0v) is 16.5. The molecule has 136 valence electrons. The standard InChI is InChI=1S/C24H24N2S/c1-2-3-4-5-8-23-13-14-24(27-23)21-11-9-20(10-12-21)22(17-25)16-19-7-6-15-26-18-19/h6-7,9-16,18H,2-5,8H2,1H3/b22-16-. The number of pyridine rings is 1. The summed E-state index contributed by atoms with van der Waals surface area (Å²) in [6.45, 7) is 2.25. The molecule has 3 heteroatoms. The fraction of sp³-hybridized carbons (Fsp3) is 0.250. The zero-order valence-electron chi connectivity index (χ0n) is 15.7. The molecule has 0 saturated heterocycles. The van der Waals surface area contributed by atoms with Crippen LogP contribution >= 0.6 is 11.3 Å². The highest BCUT2D eigenvalue weighted by Gasteiger charge is 2.06. The van der Waals surface area contributed by atoms with E-state index in [9.17, 15) is 5.26 Å². The molecule has 2 heterocycles. The van der Waals surface area contributed by atoms with Crippen molar-refractivity contribution in [2.75, 3.05) is 0 Å². The largest absolute Gasteiger partial charge is 0.264 e. The summed E-state index contributed by atoms with van der Waals surface area (Å²) in [5, 5.41) is 9.51. The van der Waals surface area contributed by atoms with Crippen molar-refractivity contribution in [3.05, 3.63) is 76.9 Å². The minimum Gasteiger partial charge on any atom is -0.264 e. The molecule has 2 nitrogen and oxygen atoms in total. The van der Waals surface area contributed by atoms with Gasteiger partial charge in [0.1, 0.15) is 0 Å². The molecule has 0 aliphatic carbocycles. The Morgan fingerprint density at radius 3 is 2.63 bits per heavy atom. The Balaban J connectivity index is 1.71. The molecule has 2 aromatic heterocycles. The number of rotatable bonds is 8. The van der Waals surface area contributed by atoms with Gasteiger partial charge in [-0.25, -0.2) is 0 Å². The summed E-state index contributed by atoms with van der Waals surface area (Å²) in [7, 11) is 0. The molecule has 0 radical (unpaired) electrons. The molecule has 3 rings (SSSR count). The number of aromatic nitrogens is 1. The lowest BCUT2D eigenvalue weighted by Crippen LogP contribution is -1.83. The number of nitriles is 1. The van der Waals surface area contributed by atoms with E-state index in [1.807, 2.05) is 41.7 Å². The lowest BCUT2D eigenvalue weighted by molar-refractivity contribution is 0.670. The van der Waals surface area contributed by atoms with Crippen molar-refractivity contribution in [3.63, 3.8) is 0 Å². The lowest BCUT2D eigenvalue weighted by atomic mass is 10.0. The molecule has 3 aromatic rings. The van der Waals surface area contributed by atoms with Gasteiger partial charge in [-0.2, -0.15) is 5.26 Å². The first kappa shape index (κ1) is 19.1. The minimum atomic E-state index is 0.650. The van der Waals surface area contributed by atoms with E-state index in [1.54, 1.807) is 12.4 Å². The highest BCUT2D eigenvalue weighted by molar-refractivity contribution is 7.15. The maximum atomic E-state index is 9.51. The van der Waals surface area contributed by atoms with E-state index in [-0.39, 0.29) is 0 Å². The second kappa shape index (κ2) is 9.85. The number of hydrogen-bond donors (Lipinski definition) is 0. The van der Waals surface area contributed by atoms with Gasteiger partial charge in [-0.1, -0.05) is 56.5 Å². The average molecular weight is 373 g/mol. The summed E-state index contributed by atoms with van der Waals surface area (Å²) in [5.41, 5.74) is 3.73. The van der Waals surface area contributed by atoms with Crippen LogP contribution in [0.2, 0.25) is 0 Å². The first-order valence-corrected chi connectivity index (χ1v) is 10.3. The van der Waals surface area contributed by atoms with Crippen molar-refractivity contribution in [3.8, 4) is 16.5 Å². The average Bonchev–Trinajstić information content (AvgIpc) is 3.19. The Hall–Kier alpha value is -2.70. The molecule has 0 atom stereocenters. The van der Waals surface area contributed by atoms with Gasteiger partial charge in [0.25, 0.3) is 0 Å². The van der Waals surface area contributed by atoms with Crippen LogP contribution in [0, 0.1) is 11.3 Å². The van der Waals surface area contributed by atoms with Gasteiger partial charge < -0.3 is 0 Å². The van der Waals surface area contributed by atoms with E-state index in [0.717, 1.165) is 11.1 Å². The molecule has 0 spiro atoms. The second-order valence-corrected chi connectivity index (χ2v) is 7.78. The van der Waals surface area contributed by atoms with Crippen LogP contribution in [-0.2, 0) is 6.42 Å². The minimum absolute atomic E-state index is 0.650. The smallest absolute Gasteiger partial charge is 0.0998 e. The van der Waals surface area contributed by atoms with Gasteiger partial charge in [-0.15, -0.1) is 11.3 Å². The normalized spacial score (nSPS) is 11.3. The Kier molecular flexibility index (Phi) is 6.96. The summed E-state index contributed by atoms with van der Waals surface area (Å²) >= 11 is 1.88. The number of unbranched alkanes of at least 4 members (excludes halogenated alkanes) is 3. The van der Waals surface area contributed by atoms with Crippen LogP contribution in [0.3, 0.4) is 0 Å². The van der Waals surface area contributed by atoms with E-state index in [2.05, 4.69) is 42.2 Å². The van der Waals surface area contributed by atoms with Crippen molar-refractivity contribution in [1.82, 2.24) is 4.98 Å². The van der Waals surface area contributed by atoms with Crippen LogP contribution in [0.5, 0.6) is 0 Å². The number of nitrogens with zero attached hydrogens (tertiary/aromatic N) is 2. The zero-order chi connectivity index (χ0) is 18.9. The SMILES string of the molecule is CCCCCCc1ccc(-c2ccc(/C(C#N)=C\c3cccnc3)cc2)s1. The molecule has 0 N–H and O–H groups in total. The van der Waals surface area contributed by atoms with Crippen LogP contribution in [0.4, 0.5) is 0 Å². The lowest BCUT2D eigenvalue weighted by Gasteiger charge is -2.02. The van der Waals surface area contributed by atoms with E-state index >= 15 is 0 Å². The van der Waals surface area contributed by atoms with Crippen molar-refractivity contribution in [2.24, 2.45) is 0 Å². The third kappa shape index (κ3) is 5.39. The summed E-state index contributed by atoms with van der Waals surface area (Å²) in [6.07, 6.45) is 11.7. The topological polar surface area (TPSA) is 36.7 Å². The first-order valence-electron chi connectivity index (χ1n) is 9.51. The predicted molar refractivity (Wildman–Crippen MR) is 115 cm³/mol. The number of aryl methyl sites for hydroxylation is 1. The second-order valence-electron chi connectivity index (χ2n) is 6.61. The molecule has 0 amide bonds. The third-order valence-corrected chi connectivity index (χ3v) is 5.73. The van der Waals surface area contributed by atoms with Crippen molar-refractivity contribution >= 4 is 23.0 Å². The molecule has 0 bridgehead atoms. The van der Waals surface area contributed by atoms with E-state index in [4.69, 9.17) is 0 Å². The van der Waals surface area contributed by atoms with Crippen LogP contribution in [0.1, 0.15) is 48.6 Å². The Labute approximate surface area is 165 Å². The molecular weight excluding hydrogens is 348 g/mol. The van der Waals surface area contributed by atoms with Crippen LogP contribution in [-0.4, -0.2) is 4.98 Å². The first-order chi connectivity index (χ1) is 13.3. The van der Waals surface area contributed by atoms with E-state index in [0.29, 0.717) is 5.57 Å². The highest BCUT2D eigenvalue weighted by Crippen LogP contribution is 2.30. The Morgan fingerprint density at radius 2 is 1.93 bits per heavy atom. The van der Waals surface area contributed by atoms with Gasteiger partial charge in [0.2, 0.25) is 0 Å².